The van der Waals surface area contributed by atoms with E-state index in [1.54, 1.807) is 0 Å². The van der Waals surface area contributed by atoms with E-state index in [4.69, 9.17) is 9.97 Å². The minimum absolute atomic E-state index is 0.812. The monoisotopic (exact) mass is 595 g/mol. The summed E-state index contributed by atoms with van der Waals surface area (Å²) in [6, 6.07) is 51.2. The van der Waals surface area contributed by atoms with Gasteiger partial charge in [-0.15, -0.1) is 0 Å². The minimum atomic E-state index is -3.11. The van der Waals surface area contributed by atoms with Crippen LogP contribution in [0, 0.1) is 0 Å². The van der Waals surface area contributed by atoms with Crippen LogP contribution in [0.2, 0.25) is 0 Å². The van der Waals surface area contributed by atoms with Gasteiger partial charge in [-0.05, 0) is 47.2 Å². The summed E-state index contributed by atoms with van der Waals surface area (Å²) in [7, 11) is -3.11. The lowest BCUT2D eigenvalue weighted by molar-refractivity contribution is 0.592. The van der Waals surface area contributed by atoms with Crippen LogP contribution in [0.1, 0.15) is 0 Å². The van der Waals surface area contributed by atoms with E-state index in [2.05, 4.69) is 83.3 Å². The Kier molecular flexibility index (Phi) is 5.74. The van der Waals surface area contributed by atoms with Crippen molar-refractivity contribution >= 4 is 72.2 Å². The van der Waals surface area contributed by atoms with Crippen LogP contribution in [-0.4, -0.2) is 14.4 Å². The summed E-state index contributed by atoms with van der Waals surface area (Å²) in [5.74, 6) is 0. The number of rotatable bonds is 4. The summed E-state index contributed by atoms with van der Waals surface area (Å²) >= 11 is 0. The van der Waals surface area contributed by atoms with Gasteiger partial charge in [-0.3, -0.25) is 9.38 Å². The highest BCUT2D eigenvalue weighted by Gasteiger charge is 2.29. The Morgan fingerprint density at radius 1 is 0.533 bits per heavy atom. The number of para-hydroxylation sites is 3. The van der Waals surface area contributed by atoms with Gasteiger partial charge in [0.05, 0.1) is 22.2 Å². The van der Waals surface area contributed by atoms with Gasteiger partial charge in [0.15, 0.2) is 7.14 Å². The normalized spacial score (nSPS) is 12.1. The molecule has 0 aliphatic heterocycles. The van der Waals surface area contributed by atoms with E-state index in [0.29, 0.717) is 0 Å². The summed E-state index contributed by atoms with van der Waals surface area (Å²) in [5.41, 5.74) is 5.97. The van der Waals surface area contributed by atoms with Gasteiger partial charge in [-0.2, -0.15) is 0 Å². The van der Waals surface area contributed by atoms with E-state index < -0.39 is 7.14 Å². The molecule has 0 saturated carbocycles. The molecule has 0 amide bonds. The Hall–Kier alpha value is -5.57. The van der Waals surface area contributed by atoms with Crippen LogP contribution in [0.5, 0.6) is 0 Å². The van der Waals surface area contributed by atoms with Crippen molar-refractivity contribution < 1.29 is 4.57 Å². The molecule has 212 valence electrons. The summed E-state index contributed by atoms with van der Waals surface area (Å²) in [6.07, 6.45) is 1.88. The number of imidazole rings is 1. The molecular weight excluding hydrogens is 569 g/mol. The van der Waals surface area contributed by atoms with E-state index in [0.717, 1.165) is 76.3 Å². The lowest BCUT2D eigenvalue weighted by Crippen LogP contribution is -2.24. The molecule has 9 rings (SSSR count). The highest BCUT2D eigenvalue weighted by Crippen LogP contribution is 2.43. The summed E-state index contributed by atoms with van der Waals surface area (Å²) in [5, 5.41) is 7.82. The second kappa shape index (κ2) is 9.99. The number of fused-ring (bicyclic) bond motifs is 9. The number of aromatic nitrogens is 3. The van der Waals surface area contributed by atoms with Gasteiger partial charge >= 0.3 is 0 Å². The first kappa shape index (κ1) is 25.9. The van der Waals surface area contributed by atoms with Crippen LogP contribution in [0.3, 0.4) is 0 Å². The smallest absolute Gasteiger partial charge is 0.171 e. The number of hydrogen-bond acceptors (Lipinski definition) is 3. The summed E-state index contributed by atoms with van der Waals surface area (Å²) in [4.78, 5) is 10.0. The van der Waals surface area contributed by atoms with E-state index in [-0.39, 0.29) is 0 Å². The fourth-order valence-corrected chi connectivity index (χ4v) is 9.45. The van der Waals surface area contributed by atoms with Crippen LogP contribution in [-0.2, 0) is 4.57 Å². The van der Waals surface area contributed by atoms with Crippen molar-refractivity contribution in [1.29, 1.82) is 0 Å². The average Bonchev–Trinajstić information content (AvgIpc) is 3.52. The molecule has 3 heterocycles. The van der Waals surface area contributed by atoms with Crippen LogP contribution in [0.15, 0.2) is 158 Å². The van der Waals surface area contributed by atoms with E-state index >= 15 is 4.57 Å². The Balaban J connectivity index is 1.30. The van der Waals surface area contributed by atoms with Crippen molar-refractivity contribution in [3.63, 3.8) is 0 Å². The lowest BCUT2D eigenvalue weighted by Gasteiger charge is -2.20. The van der Waals surface area contributed by atoms with Crippen LogP contribution in [0.4, 0.5) is 0 Å². The van der Waals surface area contributed by atoms with Crippen LogP contribution < -0.4 is 15.9 Å². The van der Waals surface area contributed by atoms with Gasteiger partial charge in [0.25, 0.3) is 0 Å². The first-order valence-corrected chi connectivity index (χ1v) is 16.7. The van der Waals surface area contributed by atoms with Crippen molar-refractivity contribution in [2.75, 3.05) is 0 Å². The quantitative estimate of drug-likeness (QED) is 0.151. The summed E-state index contributed by atoms with van der Waals surface area (Å²) < 4.78 is 17.4. The van der Waals surface area contributed by atoms with Crippen molar-refractivity contribution in [3.05, 3.63) is 158 Å². The molecule has 0 aliphatic rings. The van der Waals surface area contributed by atoms with Gasteiger partial charge in [0, 0.05) is 43.8 Å². The Morgan fingerprint density at radius 3 is 1.98 bits per heavy atom. The van der Waals surface area contributed by atoms with Crippen molar-refractivity contribution in [1.82, 2.24) is 14.4 Å². The molecule has 0 unspecified atom stereocenters. The third-order valence-corrected chi connectivity index (χ3v) is 11.9. The first-order chi connectivity index (χ1) is 22.2. The molecule has 45 heavy (non-hydrogen) atoms. The molecule has 0 aliphatic carbocycles. The maximum Gasteiger partial charge on any atom is 0.171 e. The molecule has 0 fully saturated rings. The molecular formula is C40H26N3OP. The minimum Gasteiger partial charge on any atom is -0.309 e. The number of pyridine rings is 2. The van der Waals surface area contributed by atoms with Gasteiger partial charge in [0.2, 0.25) is 0 Å². The Labute approximate surface area is 259 Å². The van der Waals surface area contributed by atoms with Crippen LogP contribution >= 0.6 is 7.14 Å². The third-order valence-electron chi connectivity index (χ3n) is 8.87. The molecule has 0 spiro atoms. The molecule has 0 bridgehead atoms. The first-order valence-electron chi connectivity index (χ1n) is 15.0. The Morgan fingerprint density at radius 2 is 1.20 bits per heavy atom. The average molecular weight is 596 g/mol. The second-order valence-corrected chi connectivity index (χ2v) is 14.2. The van der Waals surface area contributed by atoms with Crippen molar-refractivity contribution in [2.24, 2.45) is 0 Å². The zero-order valence-corrected chi connectivity index (χ0v) is 25.1. The summed E-state index contributed by atoms with van der Waals surface area (Å²) in [6.45, 7) is 0. The molecule has 0 N–H and O–H groups in total. The molecule has 6 aromatic carbocycles. The standard InChI is InChI=1S/C40H26N3OP/c44-45(30-11-3-1-4-12-30,31-13-5-2-6-14-31)32-22-21-27-19-20-28(25-29(27)26-32)39-38-33-15-7-9-17-36(33)43-37-18-10-8-16-35(37)42-40(43)34(38)23-24-41-39/h1-26H. The molecule has 4 nitrogen and oxygen atoms in total. The van der Waals surface area contributed by atoms with Crippen molar-refractivity contribution in [2.45, 2.75) is 0 Å². The molecule has 3 aromatic heterocycles. The van der Waals surface area contributed by atoms with Gasteiger partial charge in [-0.25, -0.2) is 4.98 Å². The highest BCUT2D eigenvalue weighted by atomic mass is 31.2. The third kappa shape index (κ3) is 3.90. The zero-order valence-electron chi connectivity index (χ0n) is 24.2. The fraction of sp³-hybridized carbons (Fsp3) is 0. The fourth-order valence-electron chi connectivity index (χ4n) is 6.77. The maximum absolute atomic E-state index is 15.1. The predicted octanol–water partition coefficient (Wildman–Crippen LogP) is 8.65. The Bertz CT molecular complexity index is 2580. The molecule has 5 heteroatoms. The van der Waals surface area contributed by atoms with Gasteiger partial charge in [0.1, 0.15) is 5.65 Å². The van der Waals surface area contributed by atoms with E-state index in [1.165, 1.54) is 0 Å². The zero-order chi connectivity index (χ0) is 30.0. The topological polar surface area (TPSA) is 47.3 Å². The molecule has 0 radical (unpaired) electrons. The van der Waals surface area contributed by atoms with E-state index in [9.17, 15) is 0 Å². The largest absolute Gasteiger partial charge is 0.309 e. The number of nitrogens with zero attached hydrogens (tertiary/aromatic N) is 3. The molecule has 0 atom stereocenters. The highest BCUT2D eigenvalue weighted by molar-refractivity contribution is 7.85. The van der Waals surface area contributed by atoms with Crippen molar-refractivity contribution in [3.8, 4) is 11.3 Å². The molecule has 9 aromatic rings. The molecule has 0 saturated heterocycles. The predicted molar refractivity (Wildman–Crippen MR) is 188 cm³/mol. The lowest BCUT2D eigenvalue weighted by atomic mass is 9.98. The number of benzene rings is 6. The maximum atomic E-state index is 15.1. The second-order valence-electron chi connectivity index (χ2n) is 11.4. The number of hydrogen-bond donors (Lipinski definition) is 0. The van der Waals surface area contributed by atoms with Crippen LogP contribution in [0.25, 0.3) is 60.4 Å². The van der Waals surface area contributed by atoms with Gasteiger partial charge in [-0.1, -0.05) is 115 Å². The van der Waals surface area contributed by atoms with Gasteiger partial charge < -0.3 is 4.57 Å². The van der Waals surface area contributed by atoms with E-state index in [1.807, 2.05) is 79.0 Å². The SMILES string of the molecule is O=P(c1ccccc1)(c1ccccc1)c1ccc2ccc(-c3nccc4c3c3ccccc3n3c5ccccc5nc43)cc2c1.